The summed E-state index contributed by atoms with van der Waals surface area (Å²) in [6.45, 7) is 4.41. The second-order valence-electron chi connectivity index (χ2n) is 3.22. The van der Waals surface area contributed by atoms with Crippen molar-refractivity contribution in [1.29, 1.82) is 0 Å². The van der Waals surface area contributed by atoms with Crippen molar-refractivity contribution >= 4 is 5.91 Å². The Morgan fingerprint density at radius 3 is 2.80 bits per heavy atom. The van der Waals surface area contributed by atoms with E-state index in [0.29, 0.717) is 6.04 Å². The van der Waals surface area contributed by atoms with Crippen LogP contribution in [0.5, 0.6) is 0 Å². The molecule has 2 heteroatoms. The van der Waals surface area contributed by atoms with Crippen molar-refractivity contribution < 1.29 is 4.79 Å². The highest BCUT2D eigenvalue weighted by atomic mass is 16.2. The molecular weight excluding hydrogens is 126 g/mol. The van der Waals surface area contributed by atoms with Crippen molar-refractivity contribution in [3.8, 4) is 0 Å². The molecule has 1 fully saturated rings. The highest BCUT2D eigenvalue weighted by Crippen LogP contribution is 2.16. The molecule has 0 aromatic carbocycles. The molecule has 1 rings (SSSR count). The third-order valence-corrected chi connectivity index (χ3v) is 2.18. The topological polar surface area (TPSA) is 29.1 Å². The lowest BCUT2D eigenvalue weighted by Gasteiger charge is -2.28. The van der Waals surface area contributed by atoms with Crippen LogP contribution in [0.15, 0.2) is 0 Å². The van der Waals surface area contributed by atoms with E-state index in [1.807, 2.05) is 0 Å². The van der Waals surface area contributed by atoms with Gasteiger partial charge in [0.15, 0.2) is 0 Å². The standard InChI is InChI=1S/C8H15NO/c1-3-6(2)4-7-5-8(10)9-7/h6-7H,3-5H2,1-2H3,(H,9,10). The smallest absolute Gasteiger partial charge is 0.222 e. The summed E-state index contributed by atoms with van der Waals surface area (Å²) in [5.74, 6) is 0.971. The van der Waals surface area contributed by atoms with Gasteiger partial charge in [0, 0.05) is 12.5 Å². The van der Waals surface area contributed by atoms with Crippen LogP contribution in [0.25, 0.3) is 0 Å². The van der Waals surface area contributed by atoms with Gasteiger partial charge in [-0.15, -0.1) is 0 Å². The first-order chi connectivity index (χ1) is 4.72. The summed E-state index contributed by atoms with van der Waals surface area (Å²) in [6, 6.07) is 0.488. The Hall–Kier alpha value is -0.530. The maximum atomic E-state index is 10.5. The Balaban J connectivity index is 2.10. The number of rotatable bonds is 3. The number of nitrogens with one attached hydrogen (secondary N) is 1. The summed E-state index contributed by atoms with van der Waals surface area (Å²) < 4.78 is 0. The molecule has 2 nitrogen and oxygen atoms in total. The molecule has 0 spiro atoms. The van der Waals surface area contributed by atoms with E-state index in [-0.39, 0.29) is 5.91 Å². The van der Waals surface area contributed by atoms with Gasteiger partial charge in [0.2, 0.25) is 5.91 Å². The molecule has 0 bridgehead atoms. The third-order valence-electron chi connectivity index (χ3n) is 2.18. The van der Waals surface area contributed by atoms with E-state index in [1.54, 1.807) is 0 Å². The predicted molar refractivity (Wildman–Crippen MR) is 40.6 cm³/mol. The number of hydrogen-bond donors (Lipinski definition) is 1. The van der Waals surface area contributed by atoms with Gasteiger partial charge in [0.1, 0.15) is 0 Å². The zero-order chi connectivity index (χ0) is 7.56. The van der Waals surface area contributed by atoms with Crippen LogP contribution in [0.2, 0.25) is 0 Å². The second kappa shape index (κ2) is 3.04. The van der Waals surface area contributed by atoms with Gasteiger partial charge in [-0.05, 0) is 12.3 Å². The van der Waals surface area contributed by atoms with Gasteiger partial charge >= 0.3 is 0 Å². The molecule has 1 N–H and O–H groups in total. The molecular formula is C8H15NO. The average molecular weight is 141 g/mol. The summed E-state index contributed by atoms with van der Waals surface area (Å²) in [7, 11) is 0. The lowest BCUT2D eigenvalue weighted by atomic mass is 9.93. The zero-order valence-electron chi connectivity index (χ0n) is 6.68. The molecule has 1 amide bonds. The molecule has 2 atom stereocenters. The number of hydrogen-bond acceptors (Lipinski definition) is 1. The lowest BCUT2D eigenvalue weighted by Crippen LogP contribution is -2.49. The van der Waals surface area contributed by atoms with Crippen molar-refractivity contribution in [2.45, 2.75) is 39.2 Å². The molecule has 2 unspecified atom stereocenters. The van der Waals surface area contributed by atoms with Crippen LogP contribution in [0.1, 0.15) is 33.1 Å². The van der Waals surface area contributed by atoms with Crippen molar-refractivity contribution in [2.24, 2.45) is 5.92 Å². The fourth-order valence-corrected chi connectivity index (χ4v) is 1.22. The molecule has 1 aliphatic rings. The molecule has 1 heterocycles. The minimum Gasteiger partial charge on any atom is -0.353 e. The molecule has 0 radical (unpaired) electrons. The van der Waals surface area contributed by atoms with E-state index in [4.69, 9.17) is 0 Å². The Morgan fingerprint density at radius 1 is 1.80 bits per heavy atom. The maximum Gasteiger partial charge on any atom is 0.222 e. The molecule has 0 aliphatic carbocycles. The minimum absolute atomic E-state index is 0.216. The van der Waals surface area contributed by atoms with Crippen LogP contribution in [0.3, 0.4) is 0 Å². The first-order valence-corrected chi connectivity index (χ1v) is 4.01. The van der Waals surface area contributed by atoms with Gasteiger partial charge in [-0.25, -0.2) is 0 Å². The first kappa shape index (κ1) is 7.58. The monoisotopic (exact) mass is 141 g/mol. The summed E-state index contributed by atoms with van der Waals surface area (Å²) in [5, 5.41) is 2.87. The molecule has 0 aromatic heterocycles. The fraction of sp³-hybridized carbons (Fsp3) is 0.875. The van der Waals surface area contributed by atoms with E-state index in [0.717, 1.165) is 18.8 Å². The van der Waals surface area contributed by atoms with Crippen molar-refractivity contribution in [3.05, 3.63) is 0 Å². The largest absolute Gasteiger partial charge is 0.353 e. The number of β-lactam (4-membered cyclic amide) rings is 1. The van der Waals surface area contributed by atoms with E-state index in [2.05, 4.69) is 19.2 Å². The normalized spacial score (nSPS) is 27.0. The molecule has 0 aromatic rings. The van der Waals surface area contributed by atoms with Crippen molar-refractivity contribution in [3.63, 3.8) is 0 Å². The highest BCUT2D eigenvalue weighted by Gasteiger charge is 2.25. The summed E-state index contributed by atoms with van der Waals surface area (Å²) in [5.41, 5.74) is 0. The quantitative estimate of drug-likeness (QED) is 0.590. The fourth-order valence-electron chi connectivity index (χ4n) is 1.22. The Bertz CT molecular complexity index is 125. The van der Waals surface area contributed by atoms with Crippen molar-refractivity contribution in [1.82, 2.24) is 5.32 Å². The minimum atomic E-state index is 0.216. The van der Waals surface area contributed by atoms with Gasteiger partial charge in [-0.1, -0.05) is 20.3 Å². The van der Waals surface area contributed by atoms with Gasteiger partial charge in [0.05, 0.1) is 0 Å². The van der Waals surface area contributed by atoms with Crippen LogP contribution in [-0.2, 0) is 4.79 Å². The SMILES string of the molecule is CCC(C)CC1CC(=O)N1. The van der Waals surface area contributed by atoms with Crippen LogP contribution in [0.4, 0.5) is 0 Å². The second-order valence-corrected chi connectivity index (χ2v) is 3.22. The first-order valence-electron chi connectivity index (χ1n) is 4.01. The Labute approximate surface area is 62.0 Å². The van der Waals surface area contributed by atoms with E-state index in [9.17, 15) is 4.79 Å². The molecule has 1 saturated heterocycles. The predicted octanol–water partition coefficient (Wildman–Crippen LogP) is 1.31. The molecule has 0 saturated carbocycles. The zero-order valence-corrected chi connectivity index (χ0v) is 6.68. The Kier molecular flexibility index (Phi) is 2.30. The summed E-state index contributed by atoms with van der Waals surface area (Å²) >= 11 is 0. The van der Waals surface area contributed by atoms with Crippen molar-refractivity contribution in [2.75, 3.05) is 0 Å². The van der Waals surface area contributed by atoms with E-state index >= 15 is 0 Å². The number of carbonyl (C=O) groups is 1. The van der Waals surface area contributed by atoms with Gasteiger partial charge in [-0.2, -0.15) is 0 Å². The van der Waals surface area contributed by atoms with Crippen LogP contribution < -0.4 is 5.32 Å². The summed E-state index contributed by atoms with van der Waals surface area (Å²) in [6.07, 6.45) is 3.12. The number of amides is 1. The third kappa shape index (κ3) is 1.72. The lowest BCUT2D eigenvalue weighted by molar-refractivity contribution is -0.128. The maximum absolute atomic E-state index is 10.5. The average Bonchev–Trinajstić information content (AvgIpc) is 1.84. The van der Waals surface area contributed by atoms with Crippen LogP contribution in [0, 0.1) is 5.92 Å². The van der Waals surface area contributed by atoms with Gasteiger partial charge < -0.3 is 5.32 Å². The van der Waals surface area contributed by atoms with E-state index < -0.39 is 0 Å². The summed E-state index contributed by atoms with van der Waals surface area (Å²) in [4.78, 5) is 10.5. The van der Waals surface area contributed by atoms with E-state index in [1.165, 1.54) is 6.42 Å². The number of carbonyl (C=O) groups excluding carboxylic acids is 1. The molecule has 1 aliphatic heterocycles. The molecule has 10 heavy (non-hydrogen) atoms. The van der Waals surface area contributed by atoms with Gasteiger partial charge in [0.25, 0.3) is 0 Å². The molecule has 58 valence electrons. The Morgan fingerprint density at radius 2 is 2.40 bits per heavy atom. The van der Waals surface area contributed by atoms with Crippen LogP contribution in [-0.4, -0.2) is 11.9 Å². The van der Waals surface area contributed by atoms with Crippen LogP contribution >= 0.6 is 0 Å². The highest BCUT2D eigenvalue weighted by molar-refractivity contribution is 5.82. The van der Waals surface area contributed by atoms with Gasteiger partial charge in [-0.3, -0.25) is 4.79 Å².